The Morgan fingerprint density at radius 2 is 1.72 bits per heavy atom. The van der Waals surface area contributed by atoms with E-state index in [1.165, 1.54) is 0 Å². The number of amides is 2. The Hall–Kier alpha value is -2.89. The number of nitrogens with zero attached hydrogens (tertiary/aromatic N) is 2. The zero-order valence-corrected chi connectivity index (χ0v) is 16.9. The van der Waals surface area contributed by atoms with Crippen molar-refractivity contribution in [1.29, 1.82) is 0 Å². The van der Waals surface area contributed by atoms with Crippen LogP contribution < -0.4 is 5.32 Å². The third kappa shape index (κ3) is 3.97. The lowest BCUT2D eigenvalue weighted by atomic mass is 9.86. The zero-order chi connectivity index (χ0) is 20.4. The SMILES string of the molecule is CC1(C)OC(=O)N(C2CCC(NC(=O)c3ccncc3)CC2)C1c1ccccc1. The van der Waals surface area contributed by atoms with Crippen molar-refractivity contribution in [3.05, 3.63) is 66.0 Å². The summed E-state index contributed by atoms with van der Waals surface area (Å²) in [7, 11) is 0. The molecule has 1 unspecified atom stereocenters. The molecule has 6 heteroatoms. The molecule has 1 aromatic carbocycles. The molecule has 1 aromatic heterocycles. The van der Waals surface area contributed by atoms with Gasteiger partial charge in [-0.2, -0.15) is 0 Å². The second-order valence-electron chi connectivity index (χ2n) is 8.41. The Bertz CT molecular complexity index is 861. The summed E-state index contributed by atoms with van der Waals surface area (Å²) in [6.45, 7) is 3.95. The van der Waals surface area contributed by atoms with Crippen molar-refractivity contribution in [3.8, 4) is 0 Å². The lowest BCUT2D eigenvalue weighted by Gasteiger charge is -2.38. The molecule has 6 nitrogen and oxygen atoms in total. The van der Waals surface area contributed by atoms with Gasteiger partial charge in [0.05, 0.1) is 6.04 Å². The van der Waals surface area contributed by atoms with E-state index >= 15 is 0 Å². The number of pyridine rings is 1. The van der Waals surface area contributed by atoms with Gasteiger partial charge in [-0.3, -0.25) is 14.7 Å². The predicted molar refractivity (Wildman–Crippen MR) is 109 cm³/mol. The van der Waals surface area contributed by atoms with Gasteiger partial charge in [0.1, 0.15) is 5.60 Å². The number of cyclic esters (lactones) is 1. The van der Waals surface area contributed by atoms with Crippen LogP contribution in [0.25, 0.3) is 0 Å². The average Bonchev–Trinajstić information content (AvgIpc) is 2.98. The van der Waals surface area contributed by atoms with Crippen LogP contribution in [0.1, 0.15) is 61.5 Å². The van der Waals surface area contributed by atoms with Crippen LogP contribution in [0, 0.1) is 0 Å². The third-order valence-electron chi connectivity index (χ3n) is 5.98. The highest BCUT2D eigenvalue weighted by atomic mass is 16.6. The van der Waals surface area contributed by atoms with Gasteiger partial charge in [0.15, 0.2) is 0 Å². The smallest absolute Gasteiger partial charge is 0.411 e. The molecular formula is C23H27N3O3. The van der Waals surface area contributed by atoms with Crippen LogP contribution in [-0.2, 0) is 4.74 Å². The van der Waals surface area contributed by atoms with E-state index in [-0.39, 0.29) is 30.1 Å². The number of hydrogen-bond donors (Lipinski definition) is 1. The molecule has 1 aliphatic heterocycles. The molecule has 1 aliphatic carbocycles. The van der Waals surface area contributed by atoms with Gasteiger partial charge in [0.2, 0.25) is 0 Å². The molecule has 29 heavy (non-hydrogen) atoms. The second-order valence-corrected chi connectivity index (χ2v) is 8.41. The predicted octanol–water partition coefficient (Wildman–Crippen LogP) is 4.09. The number of nitrogens with one attached hydrogen (secondary N) is 1. The standard InChI is InChI=1S/C23H27N3O3/c1-23(2)20(16-6-4-3-5-7-16)26(22(28)29-23)19-10-8-18(9-11-19)25-21(27)17-12-14-24-15-13-17/h3-7,12-15,18-20H,8-11H2,1-2H3,(H,25,27). The van der Waals surface area contributed by atoms with Gasteiger partial charge in [-0.15, -0.1) is 0 Å². The quantitative estimate of drug-likeness (QED) is 0.849. The lowest BCUT2D eigenvalue weighted by molar-refractivity contribution is 0.0663. The summed E-state index contributed by atoms with van der Waals surface area (Å²) in [5.74, 6) is -0.0697. The molecule has 1 saturated carbocycles. The van der Waals surface area contributed by atoms with E-state index in [9.17, 15) is 9.59 Å². The first-order chi connectivity index (χ1) is 14.0. The van der Waals surface area contributed by atoms with Crippen LogP contribution >= 0.6 is 0 Å². The number of benzene rings is 1. The van der Waals surface area contributed by atoms with E-state index in [0.29, 0.717) is 5.56 Å². The zero-order valence-electron chi connectivity index (χ0n) is 16.9. The van der Waals surface area contributed by atoms with E-state index < -0.39 is 5.60 Å². The summed E-state index contributed by atoms with van der Waals surface area (Å²) in [4.78, 5) is 31.0. The van der Waals surface area contributed by atoms with Gasteiger partial charge >= 0.3 is 6.09 Å². The monoisotopic (exact) mass is 393 g/mol. The summed E-state index contributed by atoms with van der Waals surface area (Å²) >= 11 is 0. The molecule has 0 radical (unpaired) electrons. The van der Waals surface area contributed by atoms with Crippen LogP contribution in [0.4, 0.5) is 4.79 Å². The first-order valence-electron chi connectivity index (χ1n) is 10.2. The van der Waals surface area contributed by atoms with Crippen molar-refractivity contribution in [3.63, 3.8) is 0 Å². The molecule has 2 fully saturated rings. The summed E-state index contributed by atoms with van der Waals surface area (Å²) in [6.07, 6.45) is 6.37. The highest BCUT2D eigenvalue weighted by molar-refractivity contribution is 5.94. The van der Waals surface area contributed by atoms with Crippen molar-refractivity contribution in [2.24, 2.45) is 0 Å². The highest BCUT2D eigenvalue weighted by Gasteiger charge is 2.51. The van der Waals surface area contributed by atoms with Crippen molar-refractivity contribution in [2.45, 2.75) is 63.3 Å². The molecule has 152 valence electrons. The van der Waals surface area contributed by atoms with Gasteiger partial charge < -0.3 is 10.1 Å². The molecule has 2 aromatic rings. The highest BCUT2D eigenvalue weighted by Crippen LogP contribution is 2.44. The second kappa shape index (κ2) is 7.85. The van der Waals surface area contributed by atoms with Gasteiger partial charge in [-0.1, -0.05) is 30.3 Å². The molecule has 4 rings (SSSR count). The Morgan fingerprint density at radius 1 is 1.07 bits per heavy atom. The maximum atomic E-state index is 12.7. The molecule has 1 atom stereocenters. The van der Waals surface area contributed by atoms with Crippen molar-refractivity contribution in [1.82, 2.24) is 15.2 Å². The number of carbonyl (C=O) groups is 2. The molecule has 2 aliphatic rings. The fourth-order valence-corrected chi connectivity index (χ4v) is 4.60. The molecule has 1 N–H and O–H groups in total. The molecule has 2 amide bonds. The normalized spacial score (nSPS) is 26.1. The van der Waals surface area contributed by atoms with Crippen LogP contribution in [0.2, 0.25) is 0 Å². The van der Waals surface area contributed by atoms with E-state index in [2.05, 4.69) is 22.4 Å². The Labute approximate surface area is 171 Å². The molecule has 0 spiro atoms. The summed E-state index contributed by atoms with van der Waals surface area (Å²) in [6, 6.07) is 13.7. The fourth-order valence-electron chi connectivity index (χ4n) is 4.60. The largest absolute Gasteiger partial charge is 0.441 e. The summed E-state index contributed by atoms with van der Waals surface area (Å²) in [5, 5.41) is 3.12. The van der Waals surface area contributed by atoms with E-state index in [4.69, 9.17) is 4.74 Å². The number of aromatic nitrogens is 1. The Balaban J connectivity index is 1.43. The van der Waals surface area contributed by atoms with Crippen molar-refractivity contribution < 1.29 is 14.3 Å². The van der Waals surface area contributed by atoms with Gasteiger partial charge in [-0.05, 0) is 57.2 Å². The topological polar surface area (TPSA) is 71.5 Å². The van der Waals surface area contributed by atoms with Gasteiger partial charge in [-0.25, -0.2) is 4.79 Å². The van der Waals surface area contributed by atoms with Crippen LogP contribution in [0.15, 0.2) is 54.9 Å². The lowest BCUT2D eigenvalue weighted by Crippen LogP contribution is -2.46. The summed E-state index contributed by atoms with van der Waals surface area (Å²) in [5.41, 5.74) is 1.14. The van der Waals surface area contributed by atoms with E-state index in [0.717, 1.165) is 31.2 Å². The number of carbonyl (C=O) groups excluding carboxylic acids is 2. The van der Waals surface area contributed by atoms with Gasteiger partial charge in [0, 0.05) is 30.0 Å². The van der Waals surface area contributed by atoms with Crippen molar-refractivity contribution >= 4 is 12.0 Å². The van der Waals surface area contributed by atoms with Crippen molar-refractivity contribution in [2.75, 3.05) is 0 Å². The minimum Gasteiger partial charge on any atom is -0.441 e. The Morgan fingerprint density at radius 3 is 2.38 bits per heavy atom. The summed E-state index contributed by atoms with van der Waals surface area (Å²) < 4.78 is 5.74. The molecule has 0 bridgehead atoms. The van der Waals surface area contributed by atoms with Gasteiger partial charge in [0.25, 0.3) is 5.91 Å². The maximum absolute atomic E-state index is 12.7. The van der Waals surface area contributed by atoms with Crippen LogP contribution in [-0.4, -0.2) is 39.6 Å². The first kappa shape index (κ1) is 19.4. The number of ether oxygens (including phenoxy) is 1. The molecule has 1 saturated heterocycles. The maximum Gasteiger partial charge on any atom is 0.411 e. The minimum absolute atomic E-state index is 0.0697. The van der Waals surface area contributed by atoms with Crippen LogP contribution in [0.3, 0.4) is 0 Å². The van der Waals surface area contributed by atoms with E-state index in [1.807, 2.05) is 36.9 Å². The molecule has 2 heterocycles. The Kier molecular flexibility index (Phi) is 5.26. The first-order valence-corrected chi connectivity index (χ1v) is 10.2. The third-order valence-corrected chi connectivity index (χ3v) is 5.98. The minimum atomic E-state index is -0.579. The van der Waals surface area contributed by atoms with Crippen LogP contribution in [0.5, 0.6) is 0 Å². The number of hydrogen-bond acceptors (Lipinski definition) is 4. The average molecular weight is 393 g/mol. The van der Waals surface area contributed by atoms with E-state index in [1.54, 1.807) is 24.5 Å². The molecular weight excluding hydrogens is 366 g/mol. The number of rotatable bonds is 4. The fraction of sp³-hybridized carbons (Fsp3) is 0.435.